The summed E-state index contributed by atoms with van der Waals surface area (Å²) < 4.78 is 0. The van der Waals surface area contributed by atoms with Crippen LogP contribution in [0.15, 0.2) is 54.6 Å². The van der Waals surface area contributed by atoms with E-state index in [4.69, 9.17) is 0 Å². The topological polar surface area (TPSA) is 52.6 Å². The Hall–Kier alpha value is -2.33. The first-order valence-corrected chi connectivity index (χ1v) is 9.03. The molecule has 4 nitrogen and oxygen atoms in total. The van der Waals surface area contributed by atoms with E-state index in [0.717, 1.165) is 43.4 Å². The minimum absolute atomic E-state index is 0.0185. The first-order chi connectivity index (χ1) is 12.3. The first kappa shape index (κ1) is 17.5. The molecule has 0 bridgehead atoms. The number of nitrogens with one attached hydrogen (secondary N) is 1. The van der Waals surface area contributed by atoms with E-state index in [-0.39, 0.29) is 12.6 Å². The number of urea groups is 1. The van der Waals surface area contributed by atoms with Crippen molar-refractivity contribution < 1.29 is 9.90 Å². The molecule has 3 rings (SSSR count). The van der Waals surface area contributed by atoms with E-state index in [1.165, 1.54) is 5.56 Å². The summed E-state index contributed by atoms with van der Waals surface area (Å²) in [6.45, 7) is 1.35. The van der Waals surface area contributed by atoms with Gasteiger partial charge in [-0.05, 0) is 42.4 Å². The third kappa shape index (κ3) is 4.83. The summed E-state index contributed by atoms with van der Waals surface area (Å²) in [6, 6.07) is 18.5. The number of benzene rings is 2. The van der Waals surface area contributed by atoms with E-state index < -0.39 is 0 Å². The maximum Gasteiger partial charge on any atom is 0.317 e. The minimum Gasteiger partial charge on any atom is -0.392 e. The number of aliphatic hydroxyl groups excluding tert-OH is 1. The van der Waals surface area contributed by atoms with Crippen LogP contribution in [0.5, 0.6) is 0 Å². The van der Waals surface area contributed by atoms with E-state index in [1.54, 1.807) is 0 Å². The Labute approximate surface area is 149 Å². The quantitative estimate of drug-likeness (QED) is 0.847. The normalized spacial score (nSPS) is 16.8. The summed E-state index contributed by atoms with van der Waals surface area (Å²) in [5.74, 6) is 0. The van der Waals surface area contributed by atoms with E-state index in [2.05, 4.69) is 29.6 Å². The second-order valence-corrected chi connectivity index (χ2v) is 6.65. The van der Waals surface area contributed by atoms with Crippen molar-refractivity contribution in [3.63, 3.8) is 0 Å². The zero-order valence-electron chi connectivity index (χ0n) is 14.5. The van der Waals surface area contributed by atoms with Crippen molar-refractivity contribution in [3.05, 3.63) is 71.3 Å². The monoisotopic (exact) mass is 338 g/mol. The number of hydrogen-bond acceptors (Lipinski definition) is 2. The maximum absolute atomic E-state index is 12.6. The van der Waals surface area contributed by atoms with Crippen molar-refractivity contribution in [2.45, 2.75) is 44.9 Å². The van der Waals surface area contributed by atoms with Crippen molar-refractivity contribution in [1.29, 1.82) is 0 Å². The standard InChI is InChI=1S/C21H26N2O2/c24-16-19-9-4-8-18(14-19)15-22-21(25)23-13-5-10-20(23)12-11-17-6-2-1-3-7-17/h1-4,6-9,14,20,24H,5,10-13,15-16H2,(H,22,25)/t20-/m1/s1. The molecule has 0 radical (unpaired) electrons. The van der Waals surface area contributed by atoms with Gasteiger partial charge in [-0.3, -0.25) is 0 Å². The van der Waals surface area contributed by atoms with E-state index in [0.29, 0.717) is 12.6 Å². The second kappa shape index (κ2) is 8.67. The van der Waals surface area contributed by atoms with Gasteiger partial charge in [0.05, 0.1) is 6.61 Å². The number of rotatable bonds is 6. The summed E-state index contributed by atoms with van der Waals surface area (Å²) in [4.78, 5) is 14.5. The molecule has 1 atom stereocenters. The maximum atomic E-state index is 12.6. The van der Waals surface area contributed by atoms with Gasteiger partial charge in [-0.2, -0.15) is 0 Å². The van der Waals surface area contributed by atoms with Crippen LogP contribution in [0.2, 0.25) is 0 Å². The highest BCUT2D eigenvalue weighted by Crippen LogP contribution is 2.22. The van der Waals surface area contributed by atoms with Crippen molar-refractivity contribution in [2.75, 3.05) is 6.54 Å². The molecule has 0 spiro atoms. The molecule has 1 fully saturated rings. The molecule has 0 saturated carbocycles. The van der Waals surface area contributed by atoms with Gasteiger partial charge in [0.25, 0.3) is 0 Å². The van der Waals surface area contributed by atoms with Gasteiger partial charge in [-0.25, -0.2) is 4.79 Å². The van der Waals surface area contributed by atoms with Crippen molar-refractivity contribution in [2.24, 2.45) is 0 Å². The van der Waals surface area contributed by atoms with Crippen LogP contribution in [-0.2, 0) is 19.6 Å². The molecule has 1 saturated heterocycles. The van der Waals surface area contributed by atoms with Crippen molar-refractivity contribution >= 4 is 6.03 Å². The number of carbonyl (C=O) groups is 1. The predicted molar refractivity (Wildman–Crippen MR) is 99.1 cm³/mol. The first-order valence-electron chi connectivity index (χ1n) is 9.03. The van der Waals surface area contributed by atoms with Crippen LogP contribution in [0, 0.1) is 0 Å². The lowest BCUT2D eigenvalue weighted by atomic mass is 10.0. The lowest BCUT2D eigenvalue weighted by Gasteiger charge is -2.25. The zero-order valence-corrected chi connectivity index (χ0v) is 14.5. The molecule has 4 heteroatoms. The fourth-order valence-electron chi connectivity index (χ4n) is 3.50. The van der Waals surface area contributed by atoms with Gasteiger partial charge in [-0.15, -0.1) is 0 Å². The summed E-state index contributed by atoms with van der Waals surface area (Å²) in [5.41, 5.74) is 3.21. The van der Waals surface area contributed by atoms with Crippen LogP contribution in [0.25, 0.3) is 0 Å². The molecule has 0 aliphatic carbocycles. The highest BCUT2D eigenvalue weighted by molar-refractivity contribution is 5.74. The number of amides is 2. The van der Waals surface area contributed by atoms with E-state index in [1.807, 2.05) is 35.2 Å². The van der Waals surface area contributed by atoms with Crippen LogP contribution >= 0.6 is 0 Å². The van der Waals surface area contributed by atoms with Crippen LogP contribution in [0.4, 0.5) is 4.79 Å². The number of likely N-dealkylation sites (tertiary alicyclic amines) is 1. The average Bonchev–Trinajstić information content (AvgIpc) is 3.14. The highest BCUT2D eigenvalue weighted by Gasteiger charge is 2.28. The molecule has 25 heavy (non-hydrogen) atoms. The van der Waals surface area contributed by atoms with Gasteiger partial charge in [0.2, 0.25) is 0 Å². The van der Waals surface area contributed by atoms with Crippen LogP contribution in [0.1, 0.15) is 36.0 Å². The Morgan fingerprint density at radius 3 is 2.64 bits per heavy atom. The van der Waals surface area contributed by atoms with Gasteiger partial charge in [-0.1, -0.05) is 54.6 Å². The summed E-state index contributed by atoms with van der Waals surface area (Å²) >= 11 is 0. The Bertz CT molecular complexity index is 687. The number of hydrogen-bond donors (Lipinski definition) is 2. The molecule has 0 aromatic heterocycles. The molecule has 1 aliphatic rings. The second-order valence-electron chi connectivity index (χ2n) is 6.65. The molecule has 2 amide bonds. The third-order valence-corrected chi connectivity index (χ3v) is 4.86. The molecule has 2 N–H and O–H groups in total. The Morgan fingerprint density at radius 1 is 1.08 bits per heavy atom. The third-order valence-electron chi connectivity index (χ3n) is 4.86. The summed E-state index contributed by atoms with van der Waals surface area (Å²) in [7, 11) is 0. The van der Waals surface area contributed by atoms with Gasteiger partial charge in [0.15, 0.2) is 0 Å². The number of carbonyl (C=O) groups excluding carboxylic acids is 1. The molecule has 2 aromatic carbocycles. The molecular formula is C21H26N2O2. The largest absolute Gasteiger partial charge is 0.392 e. The Morgan fingerprint density at radius 2 is 1.84 bits per heavy atom. The molecule has 2 aromatic rings. The van der Waals surface area contributed by atoms with Crippen LogP contribution < -0.4 is 5.32 Å². The van der Waals surface area contributed by atoms with Crippen molar-refractivity contribution in [3.8, 4) is 0 Å². The average molecular weight is 338 g/mol. The van der Waals surface area contributed by atoms with Crippen LogP contribution in [0.3, 0.4) is 0 Å². The van der Waals surface area contributed by atoms with E-state index >= 15 is 0 Å². The van der Waals surface area contributed by atoms with Crippen molar-refractivity contribution in [1.82, 2.24) is 10.2 Å². The summed E-state index contributed by atoms with van der Waals surface area (Å²) in [6.07, 6.45) is 4.18. The fourth-order valence-corrected chi connectivity index (χ4v) is 3.50. The van der Waals surface area contributed by atoms with Gasteiger partial charge >= 0.3 is 6.03 Å². The lowest BCUT2D eigenvalue weighted by Crippen LogP contribution is -2.42. The minimum atomic E-state index is 0.0185. The van der Waals surface area contributed by atoms with Crippen LogP contribution in [-0.4, -0.2) is 28.6 Å². The van der Waals surface area contributed by atoms with Gasteiger partial charge < -0.3 is 15.3 Å². The molecular weight excluding hydrogens is 312 g/mol. The highest BCUT2D eigenvalue weighted by atomic mass is 16.3. The Kier molecular flexibility index (Phi) is 6.07. The lowest BCUT2D eigenvalue weighted by molar-refractivity contribution is 0.189. The predicted octanol–water partition coefficient (Wildman–Crippen LogP) is 3.49. The number of aliphatic hydroxyl groups is 1. The van der Waals surface area contributed by atoms with Gasteiger partial charge in [0, 0.05) is 19.1 Å². The number of nitrogens with zero attached hydrogens (tertiary/aromatic N) is 1. The smallest absolute Gasteiger partial charge is 0.317 e. The molecule has 1 aliphatic heterocycles. The molecule has 0 unspecified atom stereocenters. The molecule has 1 heterocycles. The Balaban J connectivity index is 1.51. The van der Waals surface area contributed by atoms with Gasteiger partial charge in [0.1, 0.15) is 0 Å². The molecule has 132 valence electrons. The SMILES string of the molecule is O=C(NCc1cccc(CO)c1)N1CCC[C@@H]1CCc1ccccc1. The number of aryl methyl sites for hydroxylation is 1. The van der Waals surface area contributed by atoms with E-state index in [9.17, 15) is 9.90 Å². The fraction of sp³-hybridized carbons (Fsp3) is 0.381. The zero-order chi connectivity index (χ0) is 17.5. The summed E-state index contributed by atoms with van der Waals surface area (Å²) in [5, 5.41) is 12.2.